The van der Waals surface area contributed by atoms with Crippen LogP contribution in [0, 0.1) is 0 Å². The Morgan fingerprint density at radius 1 is 0.742 bits per heavy atom. The van der Waals surface area contributed by atoms with Crippen molar-refractivity contribution >= 4 is 0 Å². The van der Waals surface area contributed by atoms with Gasteiger partial charge in [-0.15, -0.1) is 0 Å². The molecule has 1 aliphatic carbocycles. The van der Waals surface area contributed by atoms with E-state index in [0.717, 1.165) is 18.6 Å². The molecular formula is C29H26O2. The predicted molar refractivity (Wildman–Crippen MR) is 125 cm³/mol. The molecule has 0 spiro atoms. The fourth-order valence-corrected chi connectivity index (χ4v) is 4.78. The van der Waals surface area contributed by atoms with Crippen LogP contribution in [0.15, 0.2) is 103 Å². The topological polar surface area (TPSA) is 29.5 Å². The Labute approximate surface area is 183 Å². The number of rotatable bonds is 5. The summed E-state index contributed by atoms with van der Waals surface area (Å²) >= 11 is 0. The fourth-order valence-electron chi connectivity index (χ4n) is 4.78. The molecule has 1 aliphatic rings. The maximum Gasteiger partial charge on any atom is 0.120 e. The van der Waals surface area contributed by atoms with Crippen molar-refractivity contribution in [2.75, 3.05) is 0 Å². The summed E-state index contributed by atoms with van der Waals surface area (Å²) in [5.41, 5.74) is 6.50. The van der Waals surface area contributed by atoms with Crippen LogP contribution >= 0.6 is 0 Å². The lowest BCUT2D eigenvalue weighted by molar-refractivity contribution is 0.305. The molecule has 0 aliphatic heterocycles. The van der Waals surface area contributed by atoms with E-state index in [-0.39, 0.29) is 5.92 Å². The summed E-state index contributed by atoms with van der Waals surface area (Å²) in [6.45, 7) is 0.577. The first-order valence-corrected chi connectivity index (χ1v) is 10.9. The molecule has 2 unspecified atom stereocenters. The number of aromatic hydroxyl groups is 1. The van der Waals surface area contributed by atoms with Crippen LogP contribution < -0.4 is 4.74 Å². The van der Waals surface area contributed by atoms with E-state index in [1.165, 1.54) is 27.8 Å². The number of hydrogen-bond donors (Lipinski definition) is 1. The van der Waals surface area contributed by atoms with Crippen LogP contribution in [0.1, 0.15) is 46.1 Å². The van der Waals surface area contributed by atoms with E-state index in [1.54, 1.807) is 12.1 Å². The number of phenolic OH excluding ortho intramolecular Hbond substituents is 1. The van der Waals surface area contributed by atoms with Gasteiger partial charge in [0.15, 0.2) is 0 Å². The molecule has 4 aromatic rings. The first-order chi connectivity index (χ1) is 15.3. The lowest BCUT2D eigenvalue weighted by Gasteiger charge is -2.35. The molecule has 31 heavy (non-hydrogen) atoms. The summed E-state index contributed by atoms with van der Waals surface area (Å²) in [5.74, 6) is 1.90. The van der Waals surface area contributed by atoms with Crippen molar-refractivity contribution in [3.8, 4) is 11.5 Å². The number of hydrogen-bond acceptors (Lipinski definition) is 2. The molecule has 2 nitrogen and oxygen atoms in total. The number of aryl methyl sites for hydroxylation is 1. The Hall–Kier alpha value is -3.52. The molecule has 0 radical (unpaired) electrons. The number of fused-ring (bicyclic) bond motifs is 1. The Morgan fingerprint density at radius 2 is 1.45 bits per heavy atom. The highest BCUT2D eigenvalue weighted by Gasteiger charge is 2.32. The van der Waals surface area contributed by atoms with E-state index in [9.17, 15) is 5.11 Å². The van der Waals surface area contributed by atoms with Crippen molar-refractivity contribution in [3.63, 3.8) is 0 Å². The van der Waals surface area contributed by atoms with Gasteiger partial charge in [-0.1, -0.05) is 78.9 Å². The van der Waals surface area contributed by atoms with E-state index >= 15 is 0 Å². The standard InChI is InChI=1S/C29H26O2/c30-25-14-11-23(12-15-25)29-27(22-9-5-2-6-10-22)17-13-24-19-26(16-18-28(24)29)31-20-21-7-3-1-4-8-21/h1-12,14-16,18-19,27,29-30H,13,17,20H2. The van der Waals surface area contributed by atoms with Crippen LogP contribution in [0.3, 0.4) is 0 Å². The van der Waals surface area contributed by atoms with Gasteiger partial charge in [0.05, 0.1) is 0 Å². The Morgan fingerprint density at radius 3 is 2.19 bits per heavy atom. The average molecular weight is 407 g/mol. The fraction of sp³-hybridized carbons (Fsp3) is 0.172. The monoisotopic (exact) mass is 406 g/mol. The van der Waals surface area contributed by atoms with Gasteiger partial charge in [-0.2, -0.15) is 0 Å². The van der Waals surface area contributed by atoms with Gasteiger partial charge in [0, 0.05) is 5.92 Å². The summed E-state index contributed by atoms with van der Waals surface area (Å²) < 4.78 is 6.09. The predicted octanol–water partition coefficient (Wildman–Crippen LogP) is 6.83. The van der Waals surface area contributed by atoms with Crippen LogP contribution in [-0.4, -0.2) is 5.11 Å². The van der Waals surface area contributed by atoms with Gasteiger partial charge in [0.1, 0.15) is 18.1 Å². The molecule has 0 aromatic heterocycles. The Kier molecular flexibility index (Phi) is 5.45. The van der Waals surface area contributed by atoms with Gasteiger partial charge in [-0.25, -0.2) is 0 Å². The molecule has 2 atom stereocenters. The van der Waals surface area contributed by atoms with Gasteiger partial charge in [0.2, 0.25) is 0 Å². The maximum absolute atomic E-state index is 9.81. The number of benzene rings is 4. The van der Waals surface area contributed by atoms with Gasteiger partial charge >= 0.3 is 0 Å². The Bertz CT molecular complexity index is 1130. The minimum absolute atomic E-state index is 0.259. The van der Waals surface area contributed by atoms with Crippen molar-refractivity contribution in [1.29, 1.82) is 0 Å². The summed E-state index contributed by atoms with van der Waals surface area (Å²) in [5, 5.41) is 9.81. The highest BCUT2D eigenvalue weighted by Crippen LogP contribution is 2.47. The number of ether oxygens (including phenoxy) is 1. The zero-order chi connectivity index (χ0) is 21.0. The minimum atomic E-state index is 0.259. The molecule has 0 heterocycles. The first kappa shape index (κ1) is 19.4. The number of phenols is 1. The molecule has 0 amide bonds. The minimum Gasteiger partial charge on any atom is -0.508 e. The molecule has 0 saturated heterocycles. The molecule has 0 fully saturated rings. The quantitative estimate of drug-likeness (QED) is 0.393. The van der Waals surface area contributed by atoms with E-state index in [4.69, 9.17) is 4.74 Å². The van der Waals surface area contributed by atoms with Gasteiger partial charge in [-0.3, -0.25) is 0 Å². The largest absolute Gasteiger partial charge is 0.508 e. The molecule has 1 N–H and O–H groups in total. The highest BCUT2D eigenvalue weighted by molar-refractivity contribution is 5.48. The van der Waals surface area contributed by atoms with Crippen molar-refractivity contribution in [2.45, 2.75) is 31.3 Å². The smallest absolute Gasteiger partial charge is 0.120 e. The van der Waals surface area contributed by atoms with E-state index in [1.807, 2.05) is 18.2 Å². The molecule has 4 aromatic carbocycles. The van der Waals surface area contributed by atoms with Crippen LogP contribution in [0.5, 0.6) is 11.5 Å². The van der Waals surface area contributed by atoms with Gasteiger partial charge < -0.3 is 9.84 Å². The van der Waals surface area contributed by atoms with Crippen LogP contribution in [0.25, 0.3) is 0 Å². The van der Waals surface area contributed by atoms with Crippen LogP contribution in [-0.2, 0) is 13.0 Å². The molecule has 154 valence electrons. The summed E-state index contributed by atoms with van der Waals surface area (Å²) in [7, 11) is 0. The van der Waals surface area contributed by atoms with Gasteiger partial charge in [0.25, 0.3) is 0 Å². The summed E-state index contributed by atoms with van der Waals surface area (Å²) in [4.78, 5) is 0. The lowest BCUT2D eigenvalue weighted by Crippen LogP contribution is -2.20. The van der Waals surface area contributed by atoms with E-state index in [0.29, 0.717) is 18.3 Å². The summed E-state index contributed by atoms with van der Waals surface area (Å²) in [6, 6.07) is 35.3. The second-order valence-electron chi connectivity index (χ2n) is 8.26. The molecule has 2 heteroatoms. The SMILES string of the molecule is Oc1ccc(C2c3ccc(OCc4ccccc4)cc3CCC2c2ccccc2)cc1. The van der Waals surface area contributed by atoms with Crippen molar-refractivity contribution in [3.05, 3.63) is 131 Å². The third kappa shape index (κ3) is 4.20. The second kappa shape index (κ2) is 8.69. The zero-order valence-corrected chi connectivity index (χ0v) is 17.4. The average Bonchev–Trinajstić information content (AvgIpc) is 2.84. The molecule has 0 bridgehead atoms. The molecule has 0 saturated carbocycles. The Balaban J connectivity index is 1.48. The van der Waals surface area contributed by atoms with Crippen molar-refractivity contribution < 1.29 is 9.84 Å². The third-order valence-corrected chi connectivity index (χ3v) is 6.30. The zero-order valence-electron chi connectivity index (χ0n) is 17.4. The summed E-state index contributed by atoms with van der Waals surface area (Å²) in [6.07, 6.45) is 2.12. The third-order valence-electron chi connectivity index (χ3n) is 6.30. The molecular weight excluding hydrogens is 380 g/mol. The van der Waals surface area contributed by atoms with Crippen LogP contribution in [0.2, 0.25) is 0 Å². The van der Waals surface area contributed by atoms with Crippen molar-refractivity contribution in [1.82, 2.24) is 0 Å². The maximum atomic E-state index is 9.81. The van der Waals surface area contributed by atoms with Crippen molar-refractivity contribution in [2.24, 2.45) is 0 Å². The molecule has 5 rings (SSSR count). The van der Waals surface area contributed by atoms with E-state index in [2.05, 4.69) is 72.8 Å². The van der Waals surface area contributed by atoms with Crippen LogP contribution in [0.4, 0.5) is 0 Å². The van der Waals surface area contributed by atoms with E-state index < -0.39 is 0 Å². The highest BCUT2D eigenvalue weighted by atomic mass is 16.5. The lowest BCUT2D eigenvalue weighted by atomic mass is 9.69. The van der Waals surface area contributed by atoms with Gasteiger partial charge in [-0.05, 0) is 70.8 Å². The normalized spacial score (nSPS) is 17.7. The first-order valence-electron chi connectivity index (χ1n) is 10.9. The second-order valence-corrected chi connectivity index (χ2v) is 8.26.